The highest BCUT2D eigenvalue weighted by Crippen LogP contribution is 2.09. The van der Waals surface area contributed by atoms with Gasteiger partial charge in [-0.3, -0.25) is 9.69 Å². The smallest absolute Gasteiger partial charge is 0.252 e. The molecule has 0 saturated heterocycles. The van der Waals surface area contributed by atoms with Gasteiger partial charge in [0.1, 0.15) is 0 Å². The molecule has 0 saturated carbocycles. The summed E-state index contributed by atoms with van der Waals surface area (Å²) in [5.41, 5.74) is 1.52. The normalized spacial score (nSPS) is 10.7. The van der Waals surface area contributed by atoms with Crippen molar-refractivity contribution in [3.63, 3.8) is 0 Å². The van der Waals surface area contributed by atoms with E-state index in [-0.39, 0.29) is 6.61 Å². The van der Waals surface area contributed by atoms with E-state index in [1.54, 1.807) is 18.2 Å². The Labute approximate surface area is 94.3 Å². The van der Waals surface area contributed by atoms with E-state index in [1.165, 1.54) is 0 Å². The largest absolute Gasteiger partial charge is 0.395 e. The van der Waals surface area contributed by atoms with Gasteiger partial charge in [-0.05, 0) is 30.3 Å². The van der Waals surface area contributed by atoms with Crippen LogP contribution >= 0.6 is 11.6 Å². The molecule has 0 aliphatic rings. The molecule has 1 N–H and O–H groups in total. The third-order valence-electron chi connectivity index (χ3n) is 2.09. The Bertz CT molecular complexity index is 341. The number of aliphatic hydroxyl groups excluding tert-OH is 1. The van der Waals surface area contributed by atoms with Gasteiger partial charge in [-0.25, -0.2) is 0 Å². The molecule has 0 atom stereocenters. The quantitative estimate of drug-likeness (QED) is 0.775. The summed E-state index contributed by atoms with van der Waals surface area (Å²) in [4.78, 5) is 12.9. The summed E-state index contributed by atoms with van der Waals surface area (Å²) in [6.07, 6.45) is 0. The van der Waals surface area contributed by atoms with E-state index in [1.807, 2.05) is 18.0 Å². The van der Waals surface area contributed by atoms with Gasteiger partial charge < -0.3 is 5.11 Å². The number of hydrogen-bond acceptors (Lipinski definition) is 3. The highest BCUT2D eigenvalue weighted by molar-refractivity contribution is 6.67. The molecule has 0 radical (unpaired) electrons. The van der Waals surface area contributed by atoms with Crippen LogP contribution in [0.2, 0.25) is 0 Å². The Morgan fingerprint density at radius 3 is 2.87 bits per heavy atom. The fourth-order valence-electron chi connectivity index (χ4n) is 1.35. The van der Waals surface area contributed by atoms with Gasteiger partial charge in [0.15, 0.2) is 0 Å². The molecular formula is C11H14ClNO2. The molecule has 15 heavy (non-hydrogen) atoms. The molecular weight excluding hydrogens is 214 g/mol. The van der Waals surface area contributed by atoms with Crippen molar-refractivity contribution in [2.24, 2.45) is 0 Å². The molecule has 4 heteroatoms. The Morgan fingerprint density at radius 2 is 2.27 bits per heavy atom. The zero-order chi connectivity index (χ0) is 11.3. The predicted octanol–water partition coefficient (Wildman–Crippen LogP) is 1.49. The lowest BCUT2D eigenvalue weighted by molar-refractivity contribution is 0.108. The van der Waals surface area contributed by atoms with Gasteiger partial charge in [0.05, 0.1) is 6.61 Å². The summed E-state index contributed by atoms with van der Waals surface area (Å²) in [5, 5.41) is 8.30. The molecule has 0 aliphatic carbocycles. The van der Waals surface area contributed by atoms with E-state index in [0.29, 0.717) is 18.7 Å². The van der Waals surface area contributed by atoms with E-state index in [4.69, 9.17) is 16.7 Å². The highest BCUT2D eigenvalue weighted by atomic mass is 35.5. The first-order valence-electron chi connectivity index (χ1n) is 4.71. The number of rotatable bonds is 5. The minimum absolute atomic E-state index is 0.130. The molecule has 82 valence electrons. The molecule has 0 aromatic heterocycles. The predicted molar refractivity (Wildman–Crippen MR) is 60.0 cm³/mol. The van der Waals surface area contributed by atoms with E-state index in [9.17, 15) is 4.79 Å². The van der Waals surface area contributed by atoms with Gasteiger partial charge in [0.2, 0.25) is 0 Å². The Morgan fingerprint density at radius 1 is 1.53 bits per heavy atom. The van der Waals surface area contributed by atoms with Crippen molar-refractivity contribution in [3.05, 3.63) is 35.4 Å². The van der Waals surface area contributed by atoms with Crippen LogP contribution in [-0.2, 0) is 6.54 Å². The summed E-state index contributed by atoms with van der Waals surface area (Å²) in [6.45, 7) is 1.43. The molecule has 1 aromatic rings. The molecule has 0 aliphatic heterocycles. The summed E-state index contributed by atoms with van der Waals surface area (Å²) >= 11 is 5.38. The SMILES string of the molecule is CN(CCO)Cc1cccc(C(=O)Cl)c1. The summed E-state index contributed by atoms with van der Waals surface area (Å²) in [6, 6.07) is 7.18. The molecule has 3 nitrogen and oxygen atoms in total. The Hall–Kier alpha value is -0.900. The van der Waals surface area contributed by atoms with E-state index < -0.39 is 5.24 Å². The van der Waals surface area contributed by atoms with Crippen LogP contribution in [0.15, 0.2) is 24.3 Å². The highest BCUT2D eigenvalue weighted by Gasteiger charge is 2.04. The third-order valence-corrected chi connectivity index (χ3v) is 2.31. The van der Waals surface area contributed by atoms with Crippen molar-refractivity contribution in [2.45, 2.75) is 6.54 Å². The third kappa shape index (κ3) is 4.00. The minimum atomic E-state index is -0.443. The van der Waals surface area contributed by atoms with Gasteiger partial charge in [0.25, 0.3) is 5.24 Å². The number of likely N-dealkylation sites (N-methyl/N-ethyl adjacent to an activating group) is 1. The van der Waals surface area contributed by atoms with Crippen molar-refractivity contribution >= 4 is 16.8 Å². The van der Waals surface area contributed by atoms with Gasteiger partial charge in [-0.2, -0.15) is 0 Å². The van der Waals surface area contributed by atoms with E-state index in [2.05, 4.69) is 0 Å². The lowest BCUT2D eigenvalue weighted by Gasteiger charge is -2.15. The number of carbonyl (C=O) groups excluding carboxylic acids is 1. The number of nitrogens with zero attached hydrogens (tertiary/aromatic N) is 1. The monoisotopic (exact) mass is 227 g/mol. The summed E-state index contributed by atoms with van der Waals surface area (Å²) in [5.74, 6) is 0. The maximum absolute atomic E-state index is 10.9. The molecule has 1 rings (SSSR count). The topological polar surface area (TPSA) is 40.5 Å². The average molecular weight is 228 g/mol. The fraction of sp³-hybridized carbons (Fsp3) is 0.364. The lowest BCUT2D eigenvalue weighted by Crippen LogP contribution is -2.21. The molecule has 1 aromatic carbocycles. The first-order valence-corrected chi connectivity index (χ1v) is 5.09. The second-order valence-corrected chi connectivity index (χ2v) is 3.78. The van der Waals surface area contributed by atoms with E-state index in [0.717, 1.165) is 5.56 Å². The maximum Gasteiger partial charge on any atom is 0.252 e. The van der Waals surface area contributed by atoms with Crippen LogP contribution in [0.25, 0.3) is 0 Å². The molecule has 0 spiro atoms. The Kier molecular flexibility index (Phi) is 4.75. The van der Waals surface area contributed by atoms with Crippen molar-refractivity contribution in [3.8, 4) is 0 Å². The zero-order valence-electron chi connectivity index (χ0n) is 8.61. The summed E-state index contributed by atoms with van der Waals surface area (Å²) < 4.78 is 0. The molecule has 0 fully saturated rings. The van der Waals surface area contributed by atoms with Crippen LogP contribution < -0.4 is 0 Å². The molecule has 0 unspecified atom stereocenters. The standard InChI is InChI=1S/C11H14ClNO2/c1-13(5-6-14)8-9-3-2-4-10(7-9)11(12)15/h2-4,7,14H,5-6,8H2,1H3. The van der Waals surface area contributed by atoms with Crippen LogP contribution in [0.5, 0.6) is 0 Å². The van der Waals surface area contributed by atoms with Gasteiger partial charge >= 0.3 is 0 Å². The van der Waals surface area contributed by atoms with Crippen LogP contribution in [-0.4, -0.2) is 35.4 Å². The second-order valence-electron chi connectivity index (χ2n) is 3.44. The number of carbonyl (C=O) groups is 1. The minimum Gasteiger partial charge on any atom is -0.395 e. The van der Waals surface area contributed by atoms with Gasteiger partial charge in [-0.1, -0.05) is 18.2 Å². The van der Waals surface area contributed by atoms with Crippen LogP contribution in [0.3, 0.4) is 0 Å². The zero-order valence-corrected chi connectivity index (χ0v) is 9.37. The molecule has 0 heterocycles. The van der Waals surface area contributed by atoms with Crippen LogP contribution in [0, 0.1) is 0 Å². The molecule has 0 bridgehead atoms. The van der Waals surface area contributed by atoms with Crippen molar-refractivity contribution in [1.29, 1.82) is 0 Å². The lowest BCUT2D eigenvalue weighted by atomic mass is 10.1. The van der Waals surface area contributed by atoms with Gasteiger partial charge in [0, 0.05) is 18.7 Å². The number of hydrogen-bond donors (Lipinski definition) is 1. The maximum atomic E-state index is 10.9. The van der Waals surface area contributed by atoms with Crippen molar-refractivity contribution in [2.75, 3.05) is 20.2 Å². The number of aliphatic hydroxyl groups is 1. The van der Waals surface area contributed by atoms with Gasteiger partial charge in [-0.15, -0.1) is 0 Å². The molecule has 0 amide bonds. The number of halogens is 1. The second kappa shape index (κ2) is 5.85. The number of benzene rings is 1. The van der Waals surface area contributed by atoms with Crippen LogP contribution in [0.4, 0.5) is 0 Å². The average Bonchev–Trinajstić information content (AvgIpc) is 2.18. The van der Waals surface area contributed by atoms with Crippen molar-refractivity contribution in [1.82, 2.24) is 4.90 Å². The first kappa shape index (κ1) is 12.2. The van der Waals surface area contributed by atoms with Crippen LogP contribution in [0.1, 0.15) is 15.9 Å². The van der Waals surface area contributed by atoms with Crippen molar-refractivity contribution < 1.29 is 9.90 Å². The first-order chi connectivity index (χ1) is 7.13. The fourth-order valence-corrected chi connectivity index (χ4v) is 1.47. The Balaban J connectivity index is 2.69. The van der Waals surface area contributed by atoms with E-state index >= 15 is 0 Å². The summed E-state index contributed by atoms with van der Waals surface area (Å²) in [7, 11) is 1.91.